The quantitative estimate of drug-likeness (QED) is 0.746. The lowest BCUT2D eigenvalue weighted by atomic mass is 10.1. The summed E-state index contributed by atoms with van der Waals surface area (Å²) in [5.74, 6) is 0.341. The van der Waals surface area contributed by atoms with E-state index in [0.29, 0.717) is 28.6 Å². The molecule has 1 N–H and O–H groups in total. The minimum absolute atomic E-state index is 0.229. The van der Waals surface area contributed by atoms with Crippen LogP contribution in [-0.4, -0.2) is 12.5 Å². The Bertz CT molecular complexity index is 688. The Balaban J connectivity index is 2.24. The van der Waals surface area contributed by atoms with Crippen molar-refractivity contribution in [3.63, 3.8) is 0 Å². The maximum Gasteiger partial charge on any atom is 0.259 e. The van der Waals surface area contributed by atoms with Gasteiger partial charge in [-0.15, -0.1) is 0 Å². The van der Waals surface area contributed by atoms with Gasteiger partial charge >= 0.3 is 0 Å². The lowest BCUT2D eigenvalue weighted by Gasteiger charge is -2.12. The number of ether oxygens (including phenoxy) is 1. The average Bonchev–Trinajstić information content (AvgIpc) is 2.49. The van der Waals surface area contributed by atoms with E-state index in [1.165, 1.54) is 0 Å². The first-order valence-electron chi connectivity index (χ1n) is 7.01. The molecule has 2 aromatic rings. The van der Waals surface area contributed by atoms with Gasteiger partial charge in [0.2, 0.25) is 0 Å². The summed E-state index contributed by atoms with van der Waals surface area (Å²) in [6.45, 7) is 4.50. The van der Waals surface area contributed by atoms with E-state index >= 15 is 0 Å². The summed E-state index contributed by atoms with van der Waals surface area (Å²) >= 11 is 9.47. The number of halogens is 2. The van der Waals surface area contributed by atoms with Crippen molar-refractivity contribution >= 4 is 39.1 Å². The first-order valence-corrected chi connectivity index (χ1v) is 8.18. The van der Waals surface area contributed by atoms with Gasteiger partial charge in [0.25, 0.3) is 5.91 Å². The summed E-state index contributed by atoms with van der Waals surface area (Å²) in [4.78, 5) is 12.5. The molecule has 0 spiro atoms. The molecule has 0 saturated carbocycles. The highest BCUT2D eigenvalue weighted by atomic mass is 79.9. The highest BCUT2D eigenvalue weighted by Crippen LogP contribution is 2.26. The number of benzene rings is 2. The predicted octanol–water partition coefficient (Wildman–Crippen LogP) is 5.45. The van der Waals surface area contributed by atoms with Crippen LogP contribution in [0.15, 0.2) is 40.9 Å². The monoisotopic (exact) mass is 381 g/mol. The van der Waals surface area contributed by atoms with Gasteiger partial charge in [-0.05, 0) is 49.2 Å². The molecule has 0 aromatic heterocycles. The number of carbonyl (C=O) groups excluding carboxylic acids is 1. The van der Waals surface area contributed by atoms with Crippen molar-refractivity contribution in [1.29, 1.82) is 0 Å². The zero-order chi connectivity index (χ0) is 16.1. The third-order valence-electron chi connectivity index (χ3n) is 3.08. The Kier molecular flexibility index (Phi) is 5.86. The molecular formula is C17H17BrClNO2. The highest BCUT2D eigenvalue weighted by molar-refractivity contribution is 9.10. The molecule has 2 aromatic carbocycles. The summed E-state index contributed by atoms with van der Waals surface area (Å²) < 4.78 is 6.46. The Morgan fingerprint density at radius 2 is 2.05 bits per heavy atom. The van der Waals surface area contributed by atoms with Crippen molar-refractivity contribution < 1.29 is 9.53 Å². The second-order valence-electron chi connectivity index (χ2n) is 4.91. The van der Waals surface area contributed by atoms with Crippen LogP contribution in [0.2, 0.25) is 5.02 Å². The summed E-state index contributed by atoms with van der Waals surface area (Å²) in [6.07, 6.45) is 0.880. The number of aryl methyl sites for hydroxylation is 1. The van der Waals surface area contributed by atoms with Gasteiger partial charge in [-0.1, -0.05) is 40.5 Å². The van der Waals surface area contributed by atoms with E-state index in [2.05, 4.69) is 21.2 Å². The predicted molar refractivity (Wildman–Crippen MR) is 94.1 cm³/mol. The van der Waals surface area contributed by atoms with Crippen molar-refractivity contribution in [2.75, 3.05) is 11.9 Å². The minimum Gasteiger partial charge on any atom is -0.493 e. The molecule has 116 valence electrons. The van der Waals surface area contributed by atoms with Gasteiger partial charge in [0, 0.05) is 15.2 Å². The van der Waals surface area contributed by atoms with Crippen molar-refractivity contribution in [3.05, 3.63) is 57.0 Å². The molecule has 1 amide bonds. The first kappa shape index (κ1) is 16.8. The van der Waals surface area contributed by atoms with Gasteiger partial charge in [0.05, 0.1) is 12.2 Å². The lowest BCUT2D eigenvalue weighted by Crippen LogP contribution is -2.14. The molecule has 0 aliphatic carbocycles. The number of hydrogen-bond donors (Lipinski definition) is 1. The fourth-order valence-corrected chi connectivity index (χ4v) is 2.43. The Morgan fingerprint density at radius 1 is 1.27 bits per heavy atom. The smallest absolute Gasteiger partial charge is 0.259 e. The molecule has 0 aliphatic rings. The number of rotatable bonds is 5. The van der Waals surface area contributed by atoms with E-state index in [4.69, 9.17) is 16.3 Å². The van der Waals surface area contributed by atoms with E-state index in [-0.39, 0.29) is 5.91 Å². The van der Waals surface area contributed by atoms with Crippen LogP contribution in [-0.2, 0) is 0 Å². The second-order valence-corrected chi connectivity index (χ2v) is 6.23. The van der Waals surface area contributed by atoms with Crippen LogP contribution in [0.1, 0.15) is 29.3 Å². The van der Waals surface area contributed by atoms with Gasteiger partial charge in [-0.3, -0.25) is 4.79 Å². The van der Waals surface area contributed by atoms with Crippen molar-refractivity contribution in [3.8, 4) is 5.75 Å². The van der Waals surface area contributed by atoms with E-state index in [1.54, 1.807) is 18.2 Å². The molecule has 2 rings (SSSR count). The number of anilines is 1. The number of amides is 1. The molecule has 22 heavy (non-hydrogen) atoms. The molecule has 0 atom stereocenters. The zero-order valence-corrected chi connectivity index (χ0v) is 14.8. The summed E-state index contributed by atoms with van der Waals surface area (Å²) in [7, 11) is 0. The zero-order valence-electron chi connectivity index (χ0n) is 12.5. The maximum absolute atomic E-state index is 12.5. The normalized spacial score (nSPS) is 10.4. The van der Waals surface area contributed by atoms with Crippen LogP contribution in [0.5, 0.6) is 5.75 Å². The summed E-state index contributed by atoms with van der Waals surface area (Å²) in [5, 5.41) is 3.47. The van der Waals surface area contributed by atoms with Crippen molar-refractivity contribution in [2.24, 2.45) is 0 Å². The van der Waals surface area contributed by atoms with Crippen LogP contribution < -0.4 is 10.1 Å². The molecule has 0 bridgehead atoms. The molecule has 3 nitrogen and oxygen atoms in total. The van der Waals surface area contributed by atoms with Crippen LogP contribution in [0.25, 0.3) is 0 Å². The molecule has 0 heterocycles. The fraction of sp³-hybridized carbons (Fsp3) is 0.235. The van der Waals surface area contributed by atoms with Gasteiger partial charge in [0.1, 0.15) is 5.75 Å². The van der Waals surface area contributed by atoms with E-state index in [1.807, 2.05) is 32.0 Å². The van der Waals surface area contributed by atoms with E-state index < -0.39 is 0 Å². The van der Waals surface area contributed by atoms with Crippen molar-refractivity contribution in [2.45, 2.75) is 20.3 Å². The van der Waals surface area contributed by atoms with Crippen LogP contribution in [0.4, 0.5) is 5.69 Å². The number of hydrogen-bond acceptors (Lipinski definition) is 2. The molecule has 5 heteroatoms. The SMILES string of the molecule is CCCOc1ccc(Br)cc1C(=O)Nc1ccc(C)c(Cl)c1. The van der Waals surface area contributed by atoms with E-state index in [0.717, 1.165) is 16.5 Å². The largest absolute Gasteiger partial charge is 0.493 e. The standard InChI is InChI=1S/C17H17BrClNO2/c1-3-8-22-16-7-5-12(18)9-14(16)17(21)20-13-6-4-11(2)15(19)10-13/h4-7,9-10H,3,8H2,1-2H3,(H,20,21). The maximum atomic E-state index is 12.5. The Labute approximate surface area is 143 Å². The average molecular weight is 383 g/mol. The number of nitrogens with one attached hydrogen (secondary N) is 1. The molecule has 0 radical (unpaired) electrons. The van der Waals surface area contributed by atoms with Crippen LogP contribution >= 0.6 is 27.5 Å². The number of carbonyl (C=O) groups is 1. The van der Waals surface area contributed by atoms with Gasteiger partial charge in [-0.2, -0.15) is 0 Å². The van der Waals surface area contributed by atoms with Gasteiger partial charge in [-0.25, -0.2) is 0 Å². The fourth-order valence-electron chi connectivity index (χ4n) is 1.89. The topological polar surface area (TPSA) is 38.3 Å². The molecule has 0 unspecified atom stereocenters. The van der Waals surface area contributed by atoms with E-state index in [9.17, 15) is 4.79 Å². The molecule has 0 fully saturated rings. The first-order chi connectivity index (χ1) is 10.5. The van der Waals surface area contributed by atoms with Gasteiger partial charge < -0.3 is 10.1 Å². The summed E-state index contributed by atoms with van der Waals surface area (Å²) in [5.41, 5.74) is 2.11. The lowest BCUT2D eigenvalue weighted by molar-refractivity contribution is 0.102. The summed E-state index contributed by atoms with van der Waals surface area (Å²) in [6, 6.07) is 10.8. The Hall–Kier alpha value is -1.52. The van der Waals surface area contributed by atoms with Crippen molar-refractivity contribution in [1.82, 2.24) is 0 Å². The Morgan fingerprint density at radius 3 is 2.73 bits per heavy atom. The van der Waals surface area contributed by atoms with Crippen LogP contribution in [0, 0.1) is 6.92 Å². The molecule has 0 saturated heterocycles. The minimum atomic E-state index is -0.229. The third kappa shape index (κ3) is 4.24. The van der Waals surface area contributed by atoms with Crippen LogP contribution in [0.3, 0.4) is 0 Å². The second kappa shape index (κ2) is 7.65. The molecule has 0 aliphatic heterocycles. The molecular weight excluding hydrogens is 366 g/mol. The highest BCUT2D eigenvalue weighted by Gasteiger charge is 2.14. The third-order valence-corrected chi connectivity index (χ3v) is 3.98. The van der Waals surface area contributed by atoms with Gasteiger partial charge in [0.15, 0.2) is 0 Å².